The van der Waals surface area contributed by atoms with E-state index in [4.69, 9.17) is 0 Å². The van der Waals surface area contributed by atoms with Crippen LogP contribution in [-0.4, -0.2) is 4.98 Å². The van der Waals surface area contributed by atoms with Gasteiger partial charge in [-0.05, 0) is 18.6 Å². The molecule has 2 aromatic rings. The first-order valence-electron chi connectivity index (χ1n) is 3.10. The number of thiazole rings is 1. The molecule has 0 atom stereocenters. The Morgan fingerprint density at radius 2 is 2.40 bits per heavy atom. The van der Waals surface area contributed by atoms with E-state index in [2.05, 4.69) is 29.6 Å². The van der Waals surface area contributed by atoms with Gasteiger partial charge in [-0.1, -0.05) is 12.1 Å². The van der Waals surface area contributed by atoms with E-state index < -0.39 is 0 Å². The van der Waals surface area contributed by atoms with E-state index >= 15 is 0 Å². The summed E-state index contributed by atoms with van der Waals surface area (Å²) in [6.45, 7) is 2.07. The maximum atomic E-state index is 4.11. The number of rotatable bonds is 0. The number of hydrogen-bond acceptors (Lipinski definition) is 2. The van der Waals surface area contributed by atoms with Crippen LogP contribution in [0.15, 0.2) is 18.2 Å². The third kappa shape index (κ3) is 0.727. The quantitative estimate of drug-likeness (QED) is 0.559. The Balaban J connectivity index is 2.95. The van der Waals surface area contributed by atoms with E-state index in [1.54, 1.807) is 11.3 Å². The SMILES string of the molecule is Cc1cccc2s[c]nc12. The van der Waals surface area contributed by atoms with Gasteiger partial charge in [-0.3, -0.25) is 0 Å². The van der Waals surface area contributed by atoms with Crippen molar-refractivity contribution in [2.75, 3.05) is 0 Å². The van der Waals surface area contributed by atoms with Crippen LogP contribution in [0.1, 0.15) is 5.56 Å². The summed E-state index contributed by atoms with van der Waals surface area (Å²) in [6, 6.07) is 6.18. The van der Waals surface area contributed by atoms with Crippen molar-refractivity contribution < 1.29 is 0 Å². The number of benzene rings is 1. The molecule has 0 aliphatic rings. The summed E-state index contributed by atoms with van der Waals surface area (Å²) in [5, 5.41) is 0. The number of para-hydroxylation sites is 1. The lowest BCUT2D eigenvalue weighted by atomic mass is 10.2. The van der Waals surface area contributed by atoms with E-state index in [1.807, 2.05) is 6.07 Å². The van der Waals surface area contributed by atoms with E-state index in [1.165, 1.54) is 10.3 Å². The van der Waals surface area contributed by atoms with Gasteiger partial charge in [-0.15, -0.1) is 11.3 Å². The maximum Gasteiger partial charge on any atom is 0.153 e. The van der Waals surface area contributed by atoms with Gasteiger partial charge in [0.05, 0.1) is 10.2 Å². The molecule has 0 saturated carbocycles. The number of hydrogen-bond donors (Lipinski definition) is 0. The molecule has 1 nitrogen and oxygen atoms in total. The Morgan fingerprint density at radius 3 is 3.20 bits per heavy atom. The molecule has 1 aromatic carbocycles. The standard InChI is InChI=1S/C8H6NS/c1-6-3-2-4-7-8(6)9-5-10-7/h2-4H,1H3. The van der Waals surface area contributed by atoms with Crippen molar-refractivity contribution in [1.82, 2.24) is 4.98 Å². The van der Waals surface area contributed by atoms with Crippen LogP contribution in [0, 0.1) is 12.4 Å². The number of nitrogens with zero attached hydrogens (tertiary/aromatic N) is 1. The first kappa shape index (κ1) is 5.86. The van der Waals surface area contributed by atoms with Crippen molar-refractivity contribution in [2.45, 2.75) is 6.92 Å². The lowest BCUT2D eigenvalue weighted by molar-refractivity contribution is 1.42. The van der Waals surface area contributed by atoms with E-state index in [0.29, 0.717) is 0 Å². The van der Waals surface area contributed by atoms with Crippen LogP contribution in [0.4, 0.5) is 0 Å². The topological polar surface area (TPSA) is 12.9 Å². The zero-order chi connectivity index (χ0) is 6.97. The third-order valence-corrected chi connectivity index (χ3v) is 2.25. The van der Waals surface area contributed by atoms with Crippen LogP contribution in [0.3, 0.4) is 0 Å². The second-order valence-corrected chi connectivity index (χ2v) is 3.05. The highest BCUT2D eigenvalue weighted by atomic mass is 32.1. The van der Waals surface area contributed by atoms with Crippen LogP contribution in [-0.2, 0) is 0 Å². The molecule has 2 rings (SSSR count). The number of aryl methyl sites for hydroxylation is 1. The second-order valence-electron chi connectivity index (χ2n) is 2.23. The fourth-order valence-corrected chi connectivity index (χ4v) is 1.66. The minimum atomic E-state index is 1.09. The monoisotopic (exact) mass is 148 g/mol. The van der Waals surface area contributed by atoms with Gasteiger partial charge in [0.1, 0.15) is 0 Å². The van der Waals surface area contributed by atoms with Gasteiger partial charge in [0, 0.05) is 0 Å². The fourth-order valence-electron chi connectivity index (χ4n) is 0.975. The minimum Gasteiger partial charge on any atom is -0.233 e. The van der Waals surface area contributed by atoms with Crippen LogP contribution in [0.5, 0.6) is 0 Å². The smallest absolute Gasteiger partial charge is 0.153 e. The summed E-state index contributed by atoms with van der Waals surface area (Å²) in [6.07, 6.45) is 0. The molecule has 0 N–H and O–H groups in total. The van der Waals surface area contributed by atoms with Gasteiger partial charge >= 0.3 is 0 Å². The maximum absolute atomic E-state index is 4.11. The van der Waals surface area contributed by atoms with Crippen LogP contribution in [0.25, 0.3) is 10.2 Å². The summed E-state index contributed by atoms with van der Waals surface area (Å²) in [4.78, 5) is 4.11. The molecule has 2 heteroatoms. The van der Waals surface area contributed by atoms with Crippen LogP contribution in [0.2, 0.25) is 0 Å². The molecule has 49 valence electrons. The summed E-state index contributed by atoms with van der Waals surface area (Å²) < 4.78 is 1.22. The lowest BCUT2D eigenvalue weighted by Gasteiger charge is -1.89. The first-order valence-corrected chi connectivity index (χ1v) is 3.92. The molecule has 1 heterocycles. The lowest BCUT2D eigenvalue weighted by Crippen LogP contribution is -1.72. The normalized spacial score (nSPS) is 10.5. The Morgan fingerprint density at radius 1 is 1.50 bits per heavy atom. The third-order valence-electron chi connectivity index (χ3n) is 1.51. The van der Waals surface area contributed by atoms with Gasteiger partial charge in [-0.25, -0.2) is 4.98 Å². The van der Waals surface area contributed by atoms with E-state index in [9.17, 15) is 0 Å². The Kier molecular flexibility index (Phi) is 1.21. The summed E-state index contributed by atoms with van der Waals surface area (Å²) >= 11 is 1.57. The van der Waals surface area contributed by atoms with Crippen molar-refractivity contribution in [2.24, 2.45) is 0 Å². The molecule has 0 unspecified atom stereocenters. The fraction of sp³-hybridized carbons (Fsp3) is 0.125. The predicted octanol–water partition coefficient (Wildman–Crippen LogP) is 2.40. The van der Waals surface area contributed by atoms with Crippen molar-refractivity contribution in [3.8, 4) is 0 Å². The van der Waals surface area contributed by atoms with Crippen LogP contribution >= 0.6 is 11.3 Å². The van der Waals surface area contributed by atoms with Gasteiger partial charge in [0.2, 0.25) is 0 Å². The van der Waals surface area contributed by atoms with Gasteiger partial charge in [0.25, 0.3) is 0 Å². The molecule has 0 amide bonds. The van der Waals surface area contributed by atoms with Gasteiger partial charge in [-0.2, -0.15) is 0 Å². The highest BCUT2D eigenvalue weighted by Crippen LogP contribution is 2.19. The molecule has 0 bridgehead atoms. The van der Waals surface area contributed by atoms with Crippen molar-refractivity contribution >= 4 is 21.6 Å². The molecule has 1 aromatic heterocycles. The summed E-state index contributed by atoms with van der Waals surface area (Å²) in [7, 11) is 0. The Hall–Kier alpha value is -0.890. The Labute approximate surface area is 63.3 Å². The molecule has 0 fully saturated rings. The number of fused-ring (bicyclic) bond motifs is 1. The molecule has 10 heavy (non-hydrogen) atoms. The van der Waals surface area contributed by atoms with E-state index in [-0.39, 0.29) is 0 Å². The van der Waals surface area contributed by atoms with Crippen molar-refractivity contribution in [3.05, 3.63) is 29.3 Å². The van der Waals surface area contributed by atoms with Gasteiger partial charge in [0.15, 0.2) is 5.51 Å². The van der Waals surface area contributed by atoms with Crippen molar-refractivity contribution in [3.63, 3.8) is 0 Å². The second kappa shape index (κ2) is 2.06. The zero-order valence-corrected chi connectivity index (χ0v) is 6.40. The summed E-state index contributed by atoms with van der Waals surface area (Å²) in [5.74, 6) is 0. The van der Waals surface area contributed by atoms with Crippen LogP contribution < -0.4 is 0 Å². The molecule has 0 spiro atoms. The molecule has 0 aliphatic heterocycles. The molecular weight excluding hydrogens is 142 g/mol. The van der Waals surface area contributed by atoms with Crippen molar-refractivity contribution in [1.29, 1.82) is 0 Å². The number of aromatic nitrogens is 1. The molecule has 1 radical (unpaired) electrons. The van der Waals surface area contributed by atoms with E-state index in [0.717, 1.165) is 5.52 Å². The molecule has 0 aliphatic carbocycles. The molecular formula is C8H6NS. The average molecular weight is 148 g/mol. The largest absolute Gasteiger partial charge is 0.233 e. The summed E-state index contributed by atoms with van der Waals surface area (Å²) in [5.41, 5.74) is 5.19. The Bertz CT molecular complexity index is 351. The highest BCUT2D eigenvalue weighted by molar-refractivity contribution is 7.16. The predicted molar refractivity (Wildman–Crippen MR) is 43.2 cm³/mol. The first-order chi connectivity index (χ1) is 4.88. The highest BCUT2D eigenvalue weighted by Gasteiger charge is 1.96. The van der Waals surface area contributed by atoms with Gasteiger partial charge < -0.3 is 0 Å². The molecule has 0 saturated heterocycles. The average Bonchev–Trinajstić information content (AvgIpc) is 2.36. The minimum absolute atomic E-state index is 1.09. The zero-order valence-electron chi connectivity index (χ0n) is 5.59.